The maximum Gasteiger partial charge on any atom is 0.234 e. The largest absolute Gasteiger partial charge is 0.278 e. The Bertz CT molecular complexity index is 931. The number of hydrogen-bond acceptors (Lipinski definition) is 2. The lowest BCUT2D eigenvalue weighted by Crippen LogP contribution is -2.01. The van der Waals surface area contributed by atoms with E-state index in [0.29, 0.717) is 5.95 Å². The molecule has 106 valence electrons. The van der Waals surface area contributed by atoms with E-state index in [-0.39, 0.29) is 0 Å². The van der Waals surface area contributed by atoms with Gasteiger partial charge in [0.25, 0.3) is 0 Å². The Hall–Kier alpha value is -2.65. The maximum atomic E-state index is 6.13. The van der Waals surface area contributed by atoms with E-state index in [1.54, 1.807) is 12.4 Å². The SMILES string of the molecule is Clc1ccc2c(c1)cc(-c1ccccc1)n2-c1ncccn1. The van der Waals surface area contributed by atoms with Crippen LogP contribution in [0.15, 0.2) is 73.1 Å². The summed E-state index contributed by atoms with van der Waals surface area (Å²) < 4.78 is 2.06. The van der Waals surface area contributed by atoms with Gasteiger partial charge >= 0.3 is 0 Å². The van der Waals surface area contributed by atoms with Crippen molar-refractivity contribution in [2.24, 2.45) is 0 Å². The zero-order valence-corrected chi connectivity index (χ0v) is 12.4. The predicted octanol–water partition coefficient (Wildman–Crippen LogP) is 4.74. The van der Waals surface area contributed by atoms with Crippen molar-refractivity contribution in [2.45, 2.75) is 0 Å². The molecule has 4 heteroatoms. The van der Waals surface area contributed by atoms with Gasteiger partial charge in [-0.1, -0.05) is 41.9 Å². The van der Waals surface area contributed by atoms with Gasteiger partial charge < -0.3 is 0 Å². The van der Waals surface area contributed by atoms with Crippen LogP contribution in [-0.2, 0) is 0 Å². The molecular formula is C18H12ClN3. The van der Waals surface area contributed by atoms with Gasteiger partial charge in [0.1, 0.15) is 0 Å². The minimum atomic E-state index is 0.652. The van der Waals surface area contributed by atoms with Crippen molar-refractivity contribution < 1.29 is 0 Å². The molecule has 0 bridgehead atoms. The smallest absolute Gasteiger partial charge is 0.234 e. The predicted molar refractivity (Wildman–Crippen MR) is 89.3 cm³/mol. The summed E-state index contributed by atoms with van der Waals surface area (Å²) in [5.41, 5.74) is 3.20. The third-order valence-corrected chi connectivity index (χ3v) is 3.82. The second-order valence-electron chi connectivity index (χ2n) is 4.98. The van der Waals surface area contributed by atoms with Crippen molar-refractivity contribution >= 4 is 22.5 Å². The number of fused-ring (bicyclic) bond motifs is 1. The molecule has 0 fully saturated rings. The highest BCUT2D eigenvalue weighted by Crippen LogP contribution is 2.31. The van der Waals surface area contributed by atoms with Gasteiger partial charge in [0, 0.05) is 22.8 Å². The summed E-state index contributed by atoms with van der Waals surface area (Å²) in [6.07, 6.45) is 3.50. The topological polar surface area (TPSA) is 30.7 Å². The van der Waals surface area contributed by atoms with Gasteiger partial charge in [-0.05, 0) is 35.9 Å². The molecule has 0 aliphatic heterocycles. The molecule has 2 aromatic heterocycles. The van der Waals surface area contributed by atoms with Crippen LogP contribution in [0.25, 0.3) is 28.1 Å². The first-order valence-electron chi connectivity index (χ1n) is 6.97. The average Bonchev–Trinajstić information content (AvgIpc) is 2.95. The van der Waals surface area contributed by atoms with Crippen LogP contribution in [0, 0.1) is 0 Å². The molecule has 0 N–H and O–H groups in total. The minimum absolute atomic E-state index is 0.652. The van der Waals surface area contributed by atoms with Crippen LogP contribution in [0.2, 0.25) is 5.02 Å². The number of nitrogens with zero attached hydrogens (tertiary/aromatic N) is 3. The van der Waals surface area contributed by atoms with E-state index in [1.165, 1.54) is 0 Å². The van der Waals surface area contributed by atoms with E-state index in [4.69, 9.17) is 11.6 Å². The molecule has 0 spiro atoms. The lowest BCUT2D eigenvalue weighted by Gasteiger charge is -2.08. The van der Waals surface area contributed by atoms with Crippen LogP contribution in [0.4, 0.5) is 0 Å². The highest BCUT2D eigenvalue weighted by molar-refractivity contribution is 6.31. The lowest BCUT2D eigenvalue weighted by molar-refractivity contribution is 0.968. The molecule has 2 aromatic carbocycles. The molecule has 0 atom stereocenters. The fourth-order valence-electron chi connectivity index (χ4n) is 2.63. The Balaban J connectivity index is 2.07. The molecular weight excluding hydrogens is 294 g/mol. The first-order valence-corrected chi connectivity index (χ1v) is 7.34. The Kier molecular flexibility index (Phi) is 3.13. The molecule has 3 nitrogen and oxygen atoms in total. The standard InChI is InChI=1S/C18H12ClN3/c19-15-7-8-16-14(11-15)12-17(13-5-2-1-3-6-13)22(16)18-20-9-4-10-21-18/h1-12H. The number of hydrogen-bond donors (Lipinski definition) is 0. The fraction of sp³-hybridized carbons (Fsp3) is 0. The zero-order chi connectivity index (χ0) is 14.9. The highest BCUT2D eigenvalue weighted by Gasteiger charge is 2.14. The normalized spacial score (nSPS) is 11.0. The van der Waals surface area contributed by atoms with Gasteiger partial charge in [0.05, 0.1) is 11.2 Å². The van der Waals surface area contributed by atoms with E-state index < -0.39 is 0 Å². The molecule has 2 heterocycles. The Morgan fingerprint density at radius 3 is 2.36 bits per heavy atom. The number of aromatic nitrogens is 3. The molecule has 0 saturated carbocycles. The third-order valence-electron chi connectivity index (χ3n) is 3.59. The second-order valence-corrected chi connectivity index (χ2v) is 5.42. The first kappa shape index (κ1) is 13.0. The molecule has 22 heavy (non-hydrogen) atoms. The van der Waals surface area contributed by atoms with Crippen LogP contribution in [-0.4, -0.2) is 14.5 Å². The lowest BCUT2D eigenvalue weighted by atomic mass is 10.1. The van der Waals surface area contributed by atoms with Crippen LogP contribution < -0.4 is 0 Å². The van der Waals surface area contributed by atoms with Crippen LogP contribution in [0.3, 0.4) is 0 Å². The Morgan fingerprint density at radius 1 is 0.818 bits per heavy atom. The zero-order valence-electron chi connectivity index (χ0n) is 11.6. The van der Waals surface area contributed by atoms with Gasteiger partial charge in [-0.15, -0.1) is 0 Å². The van der Waals surface area contributed by atoms with Crippen molar-refractivity contribution in [3.63, 3.8) is 0 Å². The average molecular weight is 306 g/mol. The molecule has 4 aromatic rings. The van der Waals surface area contributed by atoms with Crippen molar-refractivity contribution in [3.8, 4) is 17.2 Å². The van der Waals surface area contributed by atoms with Gasteiger partial charge in [-0.2, -0.15) is 0 Å². The number of rotatable bonds is 2. The summed E-state index contributed by atoms with van der Waals surface area (Å²) in [4.78, 5) is 8.80. The summed E-state index contributed by atoms with van der Waals surface area (Å²) in [6, 6.07) is 20.0. The maximum absolute atomic E-state index is 6.13. The first-order chi connectivity index (χ1) is 10.8. The quantitative estimate of drug-likeness (QED) is 0.535. The van der Waals surface area contributed by atoms with E-state index in [0.717, 1.165) is 27.2 Å². The van der Waals surface area contributed by atoms with Crippen molar-refractivity contribution in [1.29, 1.82) is 0 Å². The number of benzene rings is 2. The molecule has 4 rings (SSSR count). The minimum Gasteiger partial charge on any atom is -0.278 e. The van der Waals surface area contributed by atoms with Crippen molar-refractivity contribution in [1.82, 2.24) is 14.5 Å². The summed E-state index contributed by atoms with van der Waals surface area (Å²) in [7, 11) is 0. The van der Waals surface area contributed by atoms with Crippen molar-refractivity contribution in [2.75, 3.05) is 0 Å². The third kappa shape index (κ3) is 2.16. The molecule has 0 aliphatic rings. The second kappa shape index (κ2) is 5.28. The molecule has 0 aliphatic carbocycles. The van der Waals surface area contributed by atoms with Crippen LogP contribution >= 0.6 is 11.6 Å². The molecule has 0 saturated heterocycles. The van der Waals surface area contributed by atoms with Crippen molar-refractivity contribution in [3.05, 3.63) is 78.1 Å². The van der Waals surface area contributed by atoms with Gasteiger partial charge in [0.2, 0.25) is 5.95 Å². The molecule has 0 unspecified atom stereocenters. The van der Waals surface area contributed by atoms with Gasteiger partial charge in [-0.3, -0.25) is 4.57 Å². The van der Waals surface area contributed by atoms with E-state index in [1.807, 2.05) is 42.5 Å². The summed E-state index contributed by atoms with van der Waals surface area (Å²) in [5, 5.41) is 1.79. The van der Waals surface area contributed by atoms with Gasteiger partial charge in [-0.25, -0.2) is 9.97 Å². The highest BCUT2D eigenvalue weighted by atomic mass is 35.5. The molecule has 0 radical (unpaired) electrons. The summed E-state index contributed by atoms with van der Waals surface area (Å²) in [6.45, 7) is 0. The van der Waals surface area contributed by atoms with E-state index in [2.05, 4.69) is 32.7 Å². The fourth-order valence-corrected chi connectivity index (χ4v) is 2.81. The van der Waals surface area contributed by atoms with Gasteiger partial charge in [0.15, 0.2) is 0 Å². The summed E-state index contributed by atoms with van der Waals surface area (Å²) >= 11 is 6.13. The number of halogens is 1. The van der Waals surface area contributed by atoms with Crippen LogP contribution in [0.1, 0.15) is 0 Å². The Morgan fingerprint density at radius 2 is 1.59 bits per heavy atom. The Labute approximate surface area is 132 Å². The van der Waals surface area contributed by atoms with E-state index in [9.17, 15) is 0 Å². The molecule has 0 amide bonds. The monoisotopic (exact) mass is 305 g/mol. The van der Waals surface area contributed by atoms with E-state index >= 15 is 0 Å². The van der Waals surface area contributed by atoms with Crippen LogP contribution in [0.5, 0.6) is 0 Å². The summed E-state index contributed by atoms with van der Waals surface area (Å²) in [5.74, 6) is 0.652.